The SMILES string of the molecule is CC1(C)CC(C2=Cc3cc(Cl)c4ccccc4c3OC2(C)C)c2cc(Cl)c3ccccc3c2O1. The predicted molar refractivity (Wildman–Crippen MR) is 143 cm³/mol. The first-order valence-corrected chi connectivity index (χ1v) is 12.4. The molecule has 4 aromatic rings. The Balaban J connectivity index is 1.61. The third-order valence-corrected chi connectivity index (χ3v) is 7.76. The van der Waals surface area contributed by atoms with Gasteiger partial charge in [-0.3, -0.25) is 0 Å². The minimum atomic E-state index is -0.517. The molecular weight excluding hydrogens is 463 g/mol. The van der Waals surface area contributed by atoms with Crippen LogP contribution in [0.15, 0.2) is 66.2 Å². The molecule has 34 heavy (non-hydrogen) atoms. The van der Waals surface area contributed by atoms with Crippen LogP contribution >= 0.6 is 23.2 Å². The lowest BCUT2D eigenvalue weighted by atomic mass is 9.73. The van der Waals surface area contributed by atoms with E-state index in [-0.39, 0.29) is 11.5 Å². The molecule has 0 spiro atoms. The van der Waals surface area contributed by atoms with Crippen molar-refractivity contribution in [3.8, 4) is 11.5 Å². The predicted octanol–water partition coefficient (Wildman–Crippen LogP) is 9.20. The minimum Gasteiger partial charge on any atom is -0.487 e. The van der Waals surface area contributed by atoms with Gasteiger partial charge in [0.2, 0.25) is 0 Å². The summed E-state index contributed by atoms with van der Waals surface area (Å²) in [5, 5.41) is 5.58. The van der Waals surface area contributed by atoms with Crippen LogP contribution in [0.5, 0.6) is 11.5 Å². The third kappa shape index (κ3) is 3.31. The van der Waals surface area contributed by atoms with Crippen molar-refractivity contribution in [2.45, 2.75) is 51.2 Å². The van der Waals surface area contributed by atoms with E-state index in [0.717, 1.165) is 60.6 Å². The highest BCUT2D eigenvalue weighted by Crippen LogP contribution is 2.54. The summed E-state index contributed by atoms with van der Waals surface area (Å²) in [5.41, 5.74) is 2.47. The molecule has 2 aliphatic heterocycles. The molecule has 0 aliphatic carbocycles. The summed E-state index contributed by atoms with van der Waals surface area (Å²) in [6, 6.07) is 20.4. The highest BCUT2D eigenvalue weighted by Gasteiger charge is 2.43. The first-order chi connectivity index (χ1) is 16.1. The standard InChI is InChI=1S/C30H26Cl2O2/c1-29(2)16-23(22-15-26(32)19-10-6-8-12-21(19)28(22)33-29)24-13-17-14-25(31)18-9-5-7-11-20(18)27(17)34-30(24,3)4/h5-15,23H,16H2,1-4H3. The molecule has 0 amide bonds. The molecule has 0 fully saturated rings. The Morgan fingerprint density at radius 2 is 1.29 bits per heavy atom. The van der Waals surface area contributed by atoms with Crippen LogP contribution < -0.4 is 9.47 Å². The number of ether oxygens (including phenoxy) is 2. The summed E-state index contributed by atoms with van der Waals surface area (Å²) in [6.07, 6.45) is 3.10. The molecule has 0 radical (unpaired) electrons. The van der Waals surface area contributed by atoms with E-state index >= 15 is 0 Å². The molecule has 0 saturated heterocycles. The van der Waals surface area contributed by atoms with Crippen molar-refractivity contribution in [3.05, 3.63) is 87.4 Å². The molecule has 1 atom stereocenters. The summed E-state index contributed by atoms with van der Waals surface area (Å²) in [5.74, 6) is 1.89. The molecule has 0 saturated carbocycles. The van der Waals surface area contributed by atoms with Crippen molar-refractivity contribution in [3.63, 3.8) is 0 Å². The molecule has 4 aromatic carbocycles. The Bertz CT molecular complexity index is 1510. The molecule has 2 nitrogen and oxygen atoms in total. The van der Waals surface area contributed by atoms with E-state index in [1.807, 2.05) is 42.5 Å². The van der Waals surface area contributed by atoms with E-state index in [9.17, 15) is 0 Å². The van der Waals surface area contributed by atoms with Gasteiger partial charge < -0.3 is 9.47 Å². The highest BCUT2D eigenvalue weighted by molar-refractivity contribution is 6.36. The average molecular weight is 489 g/mol. The lowest BCUT2D eigenvalue weighted by Gasteiger charge is -2.44. The van der Waals surface area contributed by atoms with Crippen LogP contribution in [-0.4, -0.2) is 11.2 Å². The largest absolute Gasteiger partial charge is 0.487 e. The number of fused-ring (bicyclic) bond motifs is 6. The summed E-state index contributed by atoms with van der Waals surface area (Å²) in [7, 11) is 0. The summed E-state index contributed by atoms with van der Waals surface area (Å²) < 4.78 is 13.3. The minimum absolute atomic E-state index is 0.0919. The van der Waals surface area contributed by atoms with Crippen molar-refractivity contribution in [2.75, 3.05) is 0 Å². The maximum Gasteiger partial charge on any atom is 0.135 e. The Morgan fingerprint density at radius 1 is 0.735 bits per heavy atom. The van der Waals surface area contributed by atoms with Gasteiger partial charge in [0.05, 0.1) is 0 Å². The monoisotopic (exact) mass is 488 g/mol. The number of hydrogen-bond donors (Lipinski definition) is 0. The average Bonchev–Trinajstić information content (AvgIpc) is 2.79. The van der Waals surface area contributed by atoms with Crippen molar-refractivity contribution >= 4 is 50.8 Å². The van der Waals surface area contributed by atoms with Gasteiger partial charge in [0.25, 0.3) is 0 Å². The van der Waals surface area contributed by atoms with E-state index in [1.165, 1.54) is 5.57 Å². The Labute approximate surface area is 210 Å². The van der Waals surface area contributed by atoms with Crippen molar-refractivity contribution in [1.82, 2.24) is 0 Å². The molecule has 2 aliphatic rings. The zero-order chi connectivity index (χ0) is 23.8. The van der Waals surface area contributed by atoms with Gasteiger partial charge in [0.15, 0.2) is 0 Å². The molecule has 6 rings (SSSR count). The van der Waals surface area contributed by atoms with Crippen LogP contribution in [0.3, 0.4) is 0 Å². The van der Waals surface area contributed by atoms with Gasteiger partial charge in [0, 0.05) is 48.6 Å². The zero-order valence-corrected chi connectivity index (χ0v) is 21.2. The Kier molecular flexibility index (Phi) is 4.76. The second-order valence-electron chi connectivity index (χ2n) is 10.5. The van der Waals surface area contributed by atoms with Gasteiger partial charge in [-0.2, -0.15) is 0 Å². The van der Waals surface area contributed by atoms with E-state index in [1.54, 1.807) is 0 Å². The number of halogens is 2. The van der Waals surface area contributed by atoms with Crippen LogP contribution in [-0.2, 0) is 0 Å². The fraction of sp³-hybridized carbons (Fsp3) is 0.267. The molecule has 2 heterocycles. The normalized spacial score (nSPS) is 20.2. The van der Waals surface area contributed by atoms with Crippen molar-refractivity contribution < 1.29 is 9.47 Å². The van der Waals surface area contributed by atoms with Crippen molar-refractivity contribution in [2.24, 2.45) is 0 Å². The van der Waals surface area contributed by atoms with Crippen LogP contribution in [0.2, 0.25) is 10.0 Å². The lowest BCUT2D eigenvalue weighted by molar-refractivity contribution is 0.0686. The number of rotatable bonds is 1. The summed E-state index contributed by atoms with van der Waals surface area (Å²) >= 11 is 13.5. The fourth-order valence-electron chi connectivity index (χ4n) is 5.62. The number of hydrogen-bond acceptors (Lipinski definition) is 2. The Morgan fingerprint density at radius 3 is 1.94 bits per heavy atom. The van der Waals surface area contributed by atoms with Crippen molar-refractivity contribution in [1.29, 1.82) is 0 Å². The fourth-order valence-corrected chi connectivity index (χ4v) is 6.18. The maximum absolute atomic E-state index is 6.78. The first-order valence-electron chi connectivity index (χ1n) is 11.7. The van der Waals surface area contributed by atoms with Crippen LogP contribution in [0.25, 0.3) is 27.6 Å². The van der Waals surface area contributed by atoms with Crippen LogP contribution in [0.1, 0.15) is 51.2 Å². The maximum atomic E-state index is 6.78. The number of benzene rings is 4. The van der Waals surface area contributed by atoms with Gasteiger partial charge in [0.1, 0.15) is 22.7 Å². The highest BCUT2D eigenvalue weighted by atomic mass is 35.5. The van der Waals surface area contributed by atoms with E-state index in [4.69, 9.17) is 32.7 Å². The van der Waals surface area contributed by atoms with Gasteiger partial charge in [-0.1, -0.05) is 71.7 Å². The lowest BCUT2D eigenvalue weighted by Crippen LogP contribution is -2.41. The van der Waals surface area contributed by atoms with E-state index in [0.29, 0.717) is 0 Å². The van der Waals surface area contributed by atoms with E-state index in [2.05, 4.69) is 52.0 Å². The second-order valence-corrected chi connectivity index (χ2v) is 11.3. The molecule has 172 valence electrons. The topological polar surface area (TPSA) is 18.5 Å². The quantitative estimate of drug-likeness (QED) is 0.265. The van der Waals surface area contributed by atoms with Gasteiger partial charge >= 0.3 is 0 Å². The first kappa shape index (κ1) is 21.8. The smallest absolute Gasteiger partial charge is 0.135 e. The Hall–Kier alpha value is -2.68. The summed E-state index contributed by atoms with van der Waals surface area (Å²) in [4.78, 5) is 0. The third-order valence-electron chi connectivity index (χ3n) is 7.14. The molecule has 0 N–H and O–H groups in total. The zero-order valence-electron chi connectivity index (χ0n) is 19.7. The van der Waals surface area contributed by atoms with Gasteiger partial charge in [-0.15, -0.1) is 0 Å². The van der Waals surface area contributed by atoms with Crippen LogP contribution in [0.4, 0.5) is 0 Å². The summed E-state index contributed by atoms with van der Waals surface area (Å²) in [6.45, 7) is 8.61. The molecular formula is C30H26Cl2O2. The van der Waals surface area contributed by atoms with Crippen LogP contribution in [0, 0.1) is 0 Å². The van der Waals surface area contributed by atoms with E-state index < -0.39 is 5.60 Å². The molecule has 4 heteroatoms. The molecule has 0 aromatic heterocycles. The molecule has 1 unspecified atom stereocenters. The van der Waals surface area contributed by atoms with Gasteiger partial charge in [-0.25, -0.2) is 0 Å². The van der Waals surface area contributed by atoms with Gasteiger partial charge in [-0.05, 0) is 57.9 Å². The molecule has 0 bridgehead atoms. The second kappa shape index (κ2) is 7.41.